The van der Waals surface area contributed by atoms with E-state index in [1.807, 2.05) is 43.5 Å². The number of aromatic nitrogens is 3. The molecule has 0 fully saturated rings. The number of nitrogens with one attached hydrogen (secondary N) is 1. The third-order valence-electron chi connectivity index (χ3n) is 4.52. The molecule has 0 unspecified atom stereocenters. The summed E-state index contributed by atoms with van der Waals surface area (Å²) >= 11 is 3.09. The molecule has 3 rings (SSSR count). The molecule has 8 heteroatoms. The molecule has 0 aliphatic rings. The number of halogens is 1. The highest BCUT2D eigenvalue weighted by Gasteiger charge is 2.14. The minimum atomic E-state index is -0.224. The van der Waals surface area contributed by atoms with Gasteiger partial charge in [0.05, 0.1) is 11.5 Å². The lowest BCUT2D eigenvalue weighted by Gasteiger charge is -2.10. The van der Waals surface area contributed by atoms with Crippen LogP contribution in [0.2, 0.25) is 0 Å². The van der Waals surface area contributed by atoms with Crippen LogP contribution in [-0.4, -0.2) is 26.4 Å². The molecule has 0 atom stereocenters. The zero-order chi connectivity index (χ0) is 21.5. The number of nitrogens with zero attached hydrogens (tertiary/aromatic N) is 3. The van der Waals surface area contributed by atoms with Gasteiger partial charge in [0.1, 0.15) is 11.6 Å². The van der Waals surface area contributed by atoms with Crippen molar-refractivity contribution in [3.63, 3.8) is 0 Å². The van der Waals surface area contributed by atoms with Crippen molar-refractivity contribution in [1.82, 2.24) is 14.8 Å². The molecule has 30 heavy (non-hydrogen) atoms. The Morgan fingerprint density at radius 1 is 1.10 bits per heavy atom. The molecule has 0 aliphatic heterocycles. The van der Waals surface area contributed by atoms with Gasteiger partial charge in [-0.25, -0.2) is 4.39 Å². The van der Waals surface area contributed by atoms with E-state index in [0.29, 0.717) is 5.75 Å². The maximum absolute atomic E-state index is 13.0. The van der Waals surface area contributed by atoms with Gasteiger partial charge in [-0.15, -0.1) is 22.0 Å². The molecule has 1 amide bonds. The van der Waals surface area contributed by atoms with Crippen molar-refractivity contribution in [3.8, 4) is 0 Å². The van der Waals surface area contributed by atoms with Gasteiger partial charge in [-0.1, -0.05) is 36.0 Å². The van der Waals surface area contributed by atoms with E-state index in [0.717, 1.165) is 45.7 Å². The zero-order valence-electron chi connectivity index (χ0n) is 17.3. The van der Waals surface area contributed by atoms with Crippen LogP contribution in [0.15, 0.2) is 47.6 Å². The maximum Gasteiger partial charge on any atom is 0.234 e. The fourth-order valence-electron chi connectivity index (χ4n) is 2.88. The van der Waals surface area contributed by atoms with Crippen LogP contribution in [-0.2, 0) is 22.8 Å². The minimum absolute atomic E-state index is 0.0633. The number of aryl methyl sites for hydroxylation is 2. The first-order valence-electron chi connectivity index (χ1n) is 9.70. The number of carbonyl (C=O) groups is 1. The van der Waals surface area contributed by atoms with Crippen molar-refractivity contribution in [3.05, 3.63) is 70.8 Å². The van der Waals surface area contributed by atoms with Crippen molar-refractivity contribution < 1.29 is 9.18 Å². The topological polar surface area (TPSA) is 59.8 Å². The Balaban J connectivity index is 1.53. The molecule has 0 spiro atoms. The Kier molecular flexibility index (Phi) is 7.93. The third kappa shape index (κ3) is 6.09. The average Bonchev–Trinajstić information content (AvgIpc) is 3.12. The van der Waals surface area contributed by atoms with Crippen LogP contribution in [0.5, 0.6) is 0 Å². The number of rotatable bonds is 9. The van der Waals surface area contributed by atoms with Crippen LogP contribution in [0.1, 0.15) is 29.4 Å². The summed E-state index contributed by atoms with van der Waals surface area (Å²) in [7, 11) is 0. The lowest BCUT2D eigenvalue weighted by molar-refractivity contribution is -0.113. The summed E-state index contributed by atoms with van der Waals surface area (Å²) in [6.07, 6.45) is 0. The number of thioether (sulfide) groups is 2. The second kappa shape index (κ2) is 10.6. The van der Waals surface area contributed by atoms with E-state index in [-0.39, 0.29) is 17.5 Å². The highest BCUT2D eigenvalue weighted by molar-refractivity contribution is 7.99. The number of amides is 1. The Bertz CT molecular complexity index is 1000. The van der Waals surface area contributed by atoms with E-state index in [2.05, 4.69) is 15.5 Å². The lowest BCUT2D eigenvalue weighted by atomic mass is 10.1. The Morgan fingerprint density at radius 2 is 1.87 bits per heavy atom. The molecule has 2 aromatic carbocycles. The first kappa shape index (κ1) is 22.4. The molecular formula is C22H25FN4OS2. The monoisotopic (exact) mass is 444 g/mol. The average molecular weight is 445 g/mol. The summed E-state index contributed by atoms with van der Waals surface area (Å²) in [5.41, 5.74) is 4.06. The Morgan fingerprint density at radius 3 is 2.60 bits per heavy atom. The highest BCUT2D eigenvalue weighted by atomic mass is 32.2. The molecule has 0 radical (unpaired) electrons. The van der Waals surface area contributed by atoms with Gasteiger partial charge in [0.25, 0.3) is 0 Å². The van der Waals surface area contributed by atoms with Crippen LogP contribution in [0, 0.1) is 19.7 Å². The molecule has 0 saturated carbocycles. The molecule has 5 nitrogen and oxygen atoms in total. The quantitative estimate of drug-likeness (QED) is 0.459. The van der Waals surface area contributed by atoms with Crippen LogP contribution in [0.3, 0.4) is 0 Å². The second-order valence-electron chi connectivity index (χ2n) is 6.92. The molecule has 158 valence electrons. The number of anilines is 1. The van der Waals surface area contributed by atoms with Gasteiger partial charge < -0.3 is 9.88 Å². The van der Waals surface area contributed by atoms with Gasteiger partial charge in [0.15, 0.2) is 5.16 Å². The summed E-state index contributed by atoms with van der Waals surface area (Å²) < 4.78 is 15.0. The molecule has 0 aliphatic carbocycles. The van der Waals surface area contributed by atoms with E-state index in [9.17, 15) is 9.18 Å². The summed E-state index contributed by atoms with van der Waals surface area (Å²) in [6.45, 7) is 6.76. The van der Waals surface area contributed by atoms with Gasteiger partial charge in [0, 0.05) is 18.0 Å². The standard InChI is InChI=1S/C22H25FN4OS2/c1-4-27-20(13-29-12-17-7-9-18(23)10-8-17)25-26-22(27)30-14-21(28)24-19-11-15(2)5-6-16(19)3/h5-11H,4,12-14H2,1-3H3,(H,24,28). The number of hydrogen-bond acceptors (Lipinski definition) is 5. The summed E-state index contributed by atoms with van der Waals surface area (Å²) in [5.74, 6) is 2.34. The van der Waals surface area contributed by atoms with E-state index in [1.165, 1.54) is 23.9 Å². The molecule has 1 aromatic heterocycles. The predicted molar refractivity (Wildman–Crippen MR) is 122 cm³/mol. The first-order chi connectivity index (χ1) is 14.5. The Labute approximate surface area is 184 Å². The predicted octanol–water partition coefficient (Wildman–Crippen LogP) is 5.22. The normalized spacial score (nSPS) is 10.9. The molecule has 0 bridgehead atoms. The third-order valence-corrected chi connectivity index (χ3v) is 6.49. The number of hydrogen-bond donors (Lipinski definition) is 1. The van der Waals surface area contributed by atoms with E-state index >= 15 is 0 Å². The molecular weight excluding hydrogens is 419 g/mol. The van der Waals surface area contributed by atoms with Crippen LogP contribution < -0.4 is 5.32 Å². The fraction of sp³-hybridized carbons (Fsp3) is 0.318. The van der Waals surface area contributed by atoms with E-state index in [1.54, 1.807) is 23.9 Å². The van der Waals surface area contributed by atoms with Gasteiger partial charge >= 0.3 is 0 Å². The van der Waals surface area contributed by atoms with Gasteiger partial charge in [0.2, 0.25) is 5.91 Å². The molecule has 1 heterocycles. The SMILES string of the molecule is CCn1c(CSCc2ccc(F)cc2)nnc1SCC(=O)Nc1cc(C)ccc1C. The van der Waals surface area contributed by atoms with Gasteiger partial charge in [-0.05, 0) is 55.7 Å². The van der Waals surface area contributed by atoms with Gasteiger partial charge in [-0.2, -0.15) is 0 Å². The van der Waals surface area contributed by atoms with Gasteiger partial charge in [-0.3, -0.25) is 4.79 Å². The lowest BCUT2D eigenvalue weighted by Crippen LogP contribution is -2.15. The molecule has 0 saturated heterocycles. The van der Waals surface area contributed by atoms with Crippen LogP contribution >= 0.6 is 23.5 Å². The van der Waals surface area contributed by atoms with Crippen molar-refractivity contribution >= 4 is 35.1 Å². The molecule has 3 aromatic rings. The minimum Gasteiger partial charge on any atom is -0.325 e. The summed E-state index contributed by atoms with van der Waals surface area (Å²) in [5, 5.41) is 12.3. The zero-order valence-corrected chi connectivity index (χ0v) is 18.9. The van der Waals surface area contributed by atoms with Crippen molar-refractivity contribution in [1.29, 1.82) is 0 Å². The fourth-order valence-corrected chi connectivity index (χ4v) is 4.63. The number of carbonyl (C=O) groups excluding carboxylic acids is 1. The van der Waals surface area contributed by atoms with Crippen LogP contribution in [0.4, 0.5) is 10.1 Å². The van der Waals surface area contributed by atoms with Crippen molar-refractivity contribution in [2.45, 2.75) is 44.0 Å². The highest BCUT2D eigenvalue weighted by Crippen LogP contribution is 2.23. The smallest absolute Gasteiger partial charge is 0.234 e. The Hall–Kier alpha value is -2.32. The largest absolute Gasteiger partial charge is 0.325 e. The van der Waals surface area contributed by atoms with Crippen molar-refractivity contribution in [2.75, 3.05) is 11.1 Å². The maximum atomic E-state index is 13.0. The summed E-state index contributed by atoms with van der Waals surface area (Å²) in [4.78, 5) is 12.4. The number of benzene rings is 2. The molecule has 1 N–H and O–H groups in total. The van der Waals surface area contributed by atoms with E-state index < -0.39 is 0 Å². The summed E-state index contributed by atoms with van der Waals surface area (Å²) in [6, 6.07) is 12.5. The van der Waals surface area contributed by atoms with E-state index in [4.69, 9.17) is 0 Å². The first-order valence-corrected chi connectivity index (χ1v) is 11.8. The van der Waals surface area contributed by atoms with Crippen LogP contribution in [0.25, 0.3) is 0 Å². The second-order valence-corrected chi connectivity index (χ2v) is 8.85. The van der Waals surface area contributed by atoms with Crippen molar-refractivity contribution in [2.24, 2.45) is 0 Å².